The Morgan fingerprint density at radius 3 is 2.48 bits per heavy atom. The Bertz CT molecular complexity index is 596. The van der Waals surface area contributed by atoms with Crippen molar-refractivity contribution in [2.24, 2.45) is 0 Å². The highest BCUT2D eigenvalue weighted by Gasteiger charge is 2.30. The van der Waals surface area contributed by atoms with Crippen LogP contribution in [0.5, 0.6) is 5.75 Å². The highest BCUT2D eigenvalue weighted by Crippen LogP contribution is 2.28. The molecule has 2 aliphatic heterocycles. The molecule has 1 amide bonds. The number of piperazine rings is 1. The van der Waals surface area contributed by atoms with Gasteiger partial charge < -0.3 is 9.64 Å². The lowest BCUT2D eigenvalue weighted by molar-refractivity contribution is -0.136. The first kappa shape index (κ1) is 18.5. The zero-order valence-electron chi connectivity index (χ0n) is 15.2. The normalized spacial score (nSPS) is 20.7. The fourth-order valence-electron chi connectivity index (χ4n) is 3.77. The molecule has 2 heterocycles. The molecule has 0 radical (unpaired) electrons. The zero-order valence-corrected chi connectivity index (χ0v) is 16.0. The number of amides is 1. The fourth-order valence-corrected chi connectivity index (χ4v) is 4.00. The number of rotatable bonds is 5. The van der Waals surface area contributed by atoms with Gasteiger partial charge in [0.05, 0.1) is 13.2 Å². The molecule has 5 nitrogen and oxygen atoms in total. The summed E-state index contributed by atoms with van der Waals surface area (Å²) in [5.41, 5.74) is 1.04. The van der Waals surface area contributed by atoms with Crippen molar-refractivity contribution in [2.75, 3.05) is 46.4 Å². The third-order valence-corrected chi connectivity index (χ3v) is 5.76. The van der Waals surface area contributed by atoms with E-state index in [2.05, 4.69) is 9.80 Å². The van der Waals surface area contributed by atoms with Crippen LogP contribution in [0.2, 0.25) is 5.02 Å². The average Bonchev–Trinajstić information content (AvgIpc) is 3.17. The maximum Gasteiger partial charge on any atom is 0.239 e. The Labute approximate surface area is 155 Å². The smallest absolute Gasteiger partial charge is 0.239 e. The highest BCUT2D eigenvalue weighted by atomic mass is 35.5. The summed E-state index contributed by atoms with van der Waals surface area (Å²) >= 11 is 6.35. The van der Waals surface area contributed by atoms with Crippen LogP contribution in [-0.2, 0) is 11.3 Å². The number of halogens is 1. The topological polar surface area (TPSA) is 36.0 Å². The van der Waals surface area contributed by atoms with Crippen molar-refractivity contribution >= 4 is 17.5 Å². The summed E-state index contributed by atoms with van der Waals surface area (Å²) in [5.74, 6) is 1.13. The number of hydrogen-bond acceptors (Lipinski definition) is 4. The largest absolute Gasteiger partial charge is 0.496 e. The molecule has 0 aromatic heterocycles. The summed E-state index contributed by atoms with van der Waals surface area (Å²) in [5, 5.41) is 0.749. The van der Waals surface area contributed by atoms with Crippen LogP contribution in [0.4, 0.5) is 0 Å². The highest BCUT2D eigenvalue weighted by molar-refractivity contribution is 6.31. The molecule has 0 bridgehead atoms. The predicted molar refractivity (Wildman–Crippen MR) is 100 cm³/mol. The molecule has 0 spiro atoms. The Morgan fingerprint density at radius 2 is 1.84 bits per heavy atom. The summed E-state index contributed by atoms with van der Waals surface area (Å²) in [6.07, 6.45) is 2.29. The Hall–Kier alpha value is -1.30. The van der Waals surface area contributed by atoms with Gasteiger partial charge in [0.15, 0.2) is 0 Å². The number of methoxy groups -OCH3 is 1. The van der Waals surface area contributed by atoms with E-state index >= 15 is 0 Å². The lowest BCUT2D eigenvalue weighted by atomic mass is 10.1. The Morgan fingerprint density at radius 1 is 1.16 bits per heavy atom. The van der Waals surface area contributed by atoms with Gasteiger partial charge >= 0.3 is 0 Å². The van der Waals surface area contributed by atoms with E-state index < -0.39 is 0 Å². The number of hydrogen-bond donors (Lipinski definition) is 0. The quantitative estimate of drug-likeness (QED) is 0.803. The second-order valence-electron chi connectivity index (χ2n) is 6.94. The molecule has 2 aliphatic rings. The van der Waals surface area contributed by atoms with Crippen molar-refractivity contribution < 1.29 is 9.53 Å². The first-order valence-corrected chi connectivity index (χ1v) is 9.54. The second kappa shape index (κ2) is 8.39. The fraction of sp³-hybridized carbons (Fsp3) is 0.632. The standard InChI is InChI=1S/C19H28ClN3O2/c1-15(19(24)23-8-3-4-9-23)22-12-10-21(11-13-22)14-16-17(20)6-5-7-18(16)25-2/h5-7,15H,3-4,8-14H2,1-2H3/t15-/m1/s1. The molecule has 2 saturated heterocycles. The molecule has 25 heavy (non-hydrogen) atoms. The van der Waals surface area contributed by atoms with Crippen LogP contribution < -0.4 is 4.74 Å². The molecule has 3 rings (SSSR count). The van der Waals surface area contributed by atoms with E-state index in [0.29, 0.717) is 5.91 Å². The first-order valence-electron chi connectivity index (χ1n) is 9.16. The predicted octanol–water partition coefficient (Wildman–Crippen LogP) is 2.48. The third kappa shape index (κ3) is 4.27. The summed E-state index contributed by atoms with van der Waals surface area (Å²) in [6.45, 7) is 8.38. The van der Waals surface area contributed by atoms with Crippen LogP contribution in [0.1, 0.15) is 25.3 Å². The molecule has 2 fully saturated rings. The van der Waals surface area contributed by atoms with Crippen LogP contribution in [0.25, 0.3) is 0 Å². The lowest BCUT2D eigenvalue weighted by Crippen LogP contribution is -2.54. The number of nitrogens with zero attached hydrogens (tertiary/aromatic N) is 3. The SMILES string of the molecule is COc1cccc(Cl)c1CN1CCN([C@H](C)C(=O)N2CCCC2)CC1. The maximum atomic E-state index is 12.6. The molecule has 6 heteroatoms. The molecule has 1 aromatic carbocycles. The lowest BCUT2D eigenvalue weighted by Gasteiger charge is -2.38. The van der Waals surface area contributed by atoms with Gasteiger partial charge in [-0.1, -0.05) is 17.7 Å². The van der Waals surface area contributed by atoms with E-state index in [1.807, 2.05) is 30.0 Å². The van der Waals surface area contributed by atoms with E-state index in [1.165, 1.54) is 0 Å². The van der Waals surface area contributed by atoms with Gasteiger partial charge in [0.2, 0.25) is 5.91 Å². The molecule has 1 aromatic rings. The van der Waals surface area contributed by atoms with Gasteiger partial charge in [-0.25, -0.2) is 0 Å². The molecule has 0 N–H and O–H groups in total. The Balaban J connectivity index is 1.54. The summed E-state index contributed by atoms with van der Waals surface area (Å²) in [4.78, 5) is 19.3. The summed E-state index contributed by atoms with van der Waals surface area (Å²) < 4.78 is 5.44. The van der Waals surface area contributed by atoms with E-state index in [1.54, 1.807) is 7.11 Å². The molecular formula is C19H28ClN3O2. The maximum absolute atomic E-state index is 12.6. The first-order chi connectivity index (χ1) is 12.1. The number of likely N-dealkylation sites (tertiary alicyclic amines) is 1. The summed E-state index contributed by atoms with van der Waals surface area (Å²) in [6, 6.07) is 5.75. The van der Waals surface area contributed by atoms with E-state index in [-0.39, 0.29) is 6.04 Å². The van der Waals surface area contributed by atoms with Gasteiger partial charge in [-0.15, -0.1) is 0 Å². The van der Waals surface area contributed by atoms with Gasteiger partial charge in [-0.05, 0) is 31.9 Å². The molecule has 0 saturated carbocycles. The van der Waals surface area contributed by atoms with Crippen molar-refractivity contribution in [1.29, 1.82) is 0 Å². The minimum atomic E-state index is -0.0184. The monoisotopic (exact) mass is 365 g/mol. The minimum absolute atomic E-state index is 0.0184. The van der Waals surface area contributed by atoms with Crippen LogP contribution >= 0.6 is 11.6 Å². The van der Waals surface area contributed by atoms with Crippen molar-refractivity contribution in [1.82, 2.24) is 14.7 Å². The van der Waals surface area contributed by atoms with Crippen molar-refractivity contribution in [3.05, 3.63) is 28.8 Å². The zero-order chi connectivity index (χ0) is 17.8. The third-order valence-electron chi connectivity index (χ3n) is 5.41. The van der Waals surface area contributed by atoms with Gasteiger partial charge in [0, 0.05) is 56.4 Å². The van der Waals surface area contributed by atoms with Gasteiger partial charge in [0.1, 0.15) is 5.75 Å². The van der Waals surface area contributed by atoms with Crippen molar-refractivity contribution in [3.63, 3.8) is 0 Å². The van der Waals surface area contributed by atoms with E-state index in [0.717, 1.165) is 75.0 Å². The van der Waals surface area contributed by atoms with Gasteiger partial charge in [-0.2, -0.15) is 0 Å². The minimum Gasteiger partial charge on any atom is -0.496 e. The van der Waals surface area contributed by atoms with Crippen LogP contribution in [-0.4, -0.2) is 73.0 Å². The number of carbonyl (C=O) groups excluding carboxylic acids is 1. The molecule has 0 aliphatic carbocycles. The second-order valence-corrected chi connectivity index (χ2v) is 7.35. The van der Waals surface area contributed by atoms with E-state index in [9.17, 15) is 4.79 Å². The van der Waals surface area contributed by atoms with Crippen LogP contribution in [0, 0.1) is 0 Å². The number of carbonyl (C=O) groups is 1. The molecule has 1 atom stereocenters. The molecule has 138 valence electrons. The number of benzene rings is 1. The Kier molecular flexibility index (Phi) is 6.20. The summed E-state index contributed by atoms with van der Waals surface area (Å²) in [7, 11) is 1.68. The van der Waals surface area contributed by atoms with Crippen molar-refractivity contribution in [3.8, 4) is 5.75 Å². The average molecular weight is 366 g/mol. The molecular weight excluding hydrogens is 338 g/mol. The molecule has 0 unspecified atom stereocenters. The van der Waals surface area contributed by atoms with Gasteiger partial charge in [-0.3, -0.25) is 14.6 Å². The van der Waals surface area contributed by atoms with Crippen LogP contribution in [0.15, 0.2) is 18.2 Å². The van der Waals surface area contributed by atoms with Crippen molar-refractivity contribution in [2.45, 2.75) is 32.4 Å². The van der Waals surface area contributed by atoms with E-state index in [4.69, 9.17) is 16.3 Å². The van der Waals surface area contributed by atoms with Crippen LogP contribution in [0.3, 0.4) is 0 Å². The number of ether oxygens (including phenoxy) is 1. The van der Waals surface area contributed by atoms with Gasteiger partial charge in [0.25, 0.3) is 0 Å².